The van der Waals surface area contributed by atoms with Gasteiger partial charge in [0, 0.05) is 6.61 Å². The Kier molecular flexibility index (Phi) is 6.88. The van der Waals surface area contributed by atoms with Crippen molar-refractivity contribution in [2.45, 2.75) is 32.0 Å². The third kappa shape index (κ3) is 6.44. The molecule has 110 valence electrons. The Labute approximate surface area is 118 Å². The average molecular weight is 344 g/mol. The van der Waals surface area contributed by atoms with E-state index in [0.717, 1.165) is 17.4 Å². The van der Waals surface area contributed by atoms with Crippen LogP contribution < -0.4 is 5.32 Å². The van der Waals surface area contributed by atoms with Crippen molar-refractivity contribution in [2.24, 2.45) is 0 Å². The van der Waals surface area contributed by atoms with Crippen molar-refractivity contribution in [3.63, 3.8) is 0 Å². The Morgan fingerprint density at radius 2 is 2.21 bits per heavy atom. The van der Waals surface area contributed by atoms with Gasteiger partial charge in [-0.05, 0) is 41.4 Å². The van der Waals surface area contributed by atoms with Gasteiger partial charge in [0.15, 0.2) is 0 Å². The fourth-order valence-electron chi connectivity index (χ4n) is 1.59. The Bertz CT molecular complexity index is 368. The normalized spacial score (nSPS) is 13.7. The quantitative estimate of drug-likeness (QED) is 0.723. The first kappa shape index (κ1) is 16.5. The lowest BCUT2D eigenvalue weighted by Gasteiger charge is -2.17. The van der Waals surface area contributed by atoms with Crippen molar-refractivity contribution >= 4 is 15.9 Å². The highest BCUT2D eigenvalue weighted by Gasteiger charge is 2.27. The summed E-state index contributed by atoms with van der Waals surface area (Å²) in [5.41, 5.74) is 0. The minimum atomic E-state index is -4.28. The molecule has 1 rings (SSSR count). The Balaban J connectivity index is 2.45. The van der Waals surface area contributed by atoms with Crippen molar-refractivity contribution in [2.75, 3.05) is 19.8 Å². The summed E-state index contributed by atoms with van der Waals surface area (Å²) in [5, 5.41) is 3.23. The van der Waals surface area contributed by atoms with Gasteiger partial charge < -0.3 is 14.5 Å². The van der Waals surface area contributed by atoms with Gasteiger partial charge in [0.05, 0.1) is 16.8 Å². The molecule has 0 aliphatic rings. The van der Waals surface area contributed by atoms with Gasteiger partial charge in [0.25, 0.3) is 0 Å². The van der Waals surface area contributed by atoms with Gasteiger partial charge in [-0.25, -0.2) is 0 Å². The van der Waals surface area contributed by atoms with E-state index in [1.54, 1.807) is 6.07 Å². The van der Waals surface area contributed by atoms with Gasteiger partial charge in [-0.2, -0.15) is 13.2 Å². The highest BCUT2D eigenvalue weighted by molar-refractivity contribution is 9.10. The predicted molar refractivity (Wildman–Crippen MR) is 68.9 cm³/mol. The van der Waals surface area contributed by atoms with E-state index >= 15 is 0 Å². The van der Waals surface area contributed by atoms with Gasteiger partial charge in [-0.15, -0.1) is 0 Å². The van der Waals surface area contributed by atoms with Crippen LogP contribution in [0.4, 0.5) is 13.2 Å². The second kappa shape index (κ2) is 7.91. The lowest BCUT2D eigenvalue weighted by Crippen LogP contribution is -2.24. The summed E-state index contributed by atoms with van der Waals surface area (Å²) < 4.78 is 46.6. The molecule has 0 saturated heterocycles. The van der Waals surface area contributed by atoms with Crippen LogP contribution in [0.15, 0.2) is 21.2 Å². The van der Waals surface area contributed by atoms with Crippen molar-refractivity contribution in [3.05, 3.63) is 22.6 Å². The van der Waals surface area contributed by atoms with Crippen molar-refractivity contribution in [1.29, 1.82) is 0 Å². The van der Waals surface area contributed by atoms with Crippen molar-refractivity contribution in [3.8, 4) is 0 Å². The highest BCUT2D eigenvalue weighted by Crippen LogP contribution is 2.27. The second-order valence-electron chi connectivity index (χ2n) is 4.10. The number of nitrogens with one attached hydrogen (secondary N) is 1. The summed E-state index contributed by atoms with van der Waals surface area (Å²) >= 11 is 3.34. The Morgan fingerprint density at radius 1 is 1.47 bits per heavy atom. The molecular weight excluding hydrogens is 327 g/mol. The Morgan fingerprint density at radius 3 is 2.74 bits per heavy atom. The van der Waals surface area contributed by atoms with Gasteiger partial charge in [0.2, 0.25) is 0 Å². The predicted octanol–water partition coefficient (Wildman–Crippen LogP) is 4.05. The van der Waals surface area contributed by atoms with Crippen LogP contribution in [0.1, 0.15) is 31.6 Å². The fourth-order valence-corrected chi connectivity index (χ4v) is 2.07. The van der Waals surface area contributed by atoms with E-state index < -0.39 is 12.8 Å². The molecular formula is C12H17BrF3NO2. The first-order chi connectivity index (χ1) is 8.94. The zero-order valence-electron chi connectivity index (χ0n) is 10.6. The fraction of sp³-hybridized carbons (Fsp3) is 0.667. The number of alkyl halides is 3. The molecule has 7 heteroatoms. The molecule has 0 aliphatic carbocycles. The van der Waals surface area contributed by atoms with Crippen molar-refractivity contribution < 1.29 is 22.3 Å². The maximum atomic E-state index is 12.0. The molecule has 1 N–H and O–H groups in total. The lowest BCUT2D eigenvalue weighted by atomic mass is 10.1. The number of halogens is 4. The summed E-state index contributed by atoms with van der Waals surface area (Å²) in [7, 11) is 0. The summed E-state index contributed by atoms with van der Waals surface area (Å²) in [5.74, 6) is 0.684. The van der Waals surface area contributed by atoms with Gasteiger partial charge in [0.1, 0.15) is 12.4 Å². The number of hydrogen-bond acceptors (Lipinski definition) is 3. The molecule has 19 heavy (non-hydrogen) atoms. The number of furan rings is 1. The van der Waals surface area contributed by atoms with Gasteiger partial charge >= 0.3 is 6.18 Å². The number of hydrogen-bond donors (Lipinski definition) is 1. The zero-order chi connectivity index (χ0) is 14.3. The van der Waals surface area contributed by atoms with Crippen LogP contribution in [0.2, 0.25) is 0 Å². The molecule has 0 fully saturated rings. The molecule has 0 aliphatic heterocycles. The molecule has 0 amide bonds. The molecule has 1 unspecified atom stereocenters. The molecule has 1 heterocycles. The first-order valence-electron chi connectivity index (χ1n) is 6.04. The molecule has 0 aromatic carbocycles. The van der Waals surface area contributed by atoms with E-state index in [4.69, 9.17) is 4.42 Å². The van der Waals surface area contributed by atoms with E-state index in [0.29, 0.717) is 12.2 Å². The number of rotatable bonds is 8. The lowest BCUT2D eigenvalue weighted by molar-refractivity contribution is -0.174. The molecule has 1 atom stereocenters. The van der Waals surface area contributed by atoms with Crippen LogP contribution in [-0.4, -0.2) is 25.9 Å². The third-order valence-corrected chi connectivity index (χ3v) is 3.07. The summed E-state index contributed by atoms with van der Waals surface area (Å²) in [6.07, 6.45) is -1.39. The standard InChI is InChI=1S/C12H17BrF3NO2/c1-2-5-17-10(11-9(13)3-7-19-11)4-6-18-8-12(14,15)16/h3,7,10,17H,2,4-6,8H2,1H3. The van der Waals surface area contributed by atoms with E-state index in [9.17, 15) is 13.2 Å². The smallest absolute Gasteiger partial charge is 0.411 e. The van der Waals surface area contributed by atoms with Crippen LogP contribution in [0.25, 0.3) is 0 Å². The molecule has 0 radical (unpaired) electrons. The minimum absolute atomic E-state index is 0.0219. The molecule has 0 saturated carbocycles. The first-order valence-corrected chi connectivity index (χ1v) is 6.84. The minimum Gasteiger partial charge on any atom is -0.466 e. The molecule has 0 spiro atoms. The highest BCUT2D eigenvalue weighted by atomic mass is 79.9. The summed E-state index contributed by atoms with van der Waals surface area (Å²) in [4.78, 5) is 0. The monoisotopic (exact) mass is 343 g/mol. The Hall–Kier alpha value is -0.530. The SMILES string of the molecule is CCCNC(CCOCC(F)(F)F)c1occc1Br. The third-order valence-electron chi connectivity index (χ3n) is 2.42. The molecule has 0 bridgehead atoms. The van der Waals surface area contributed by atoms with Crippen LogP contribution in [0.5, 0.6) is 0 Å². The zero-order valence-corrected chi connectivity index (χ0v) is 12.2. The summed E-state index contributed by atoms with van der Waals surface area (Å²) in [6.45, 7) is 1.58. The van der Waals surface area contributed by atoms with Gasteiger partial charge in [-0.1, -0.05) is 6.92 Å². The maximum absolute atomic E-state index is 12.0. The average Bonchev–Trinajstić information content (AvgIpc) is 2.73. The molecule has 3 nitrogen and oxygen atoms in total. The summed E-state index contributed by atoms with van der Waals surface area (Å²) in [6, 6.07) is 1.60. The van der Waals surface area contributed by atoms with Crippen molar-refractivity contribution in [1.82, 2.24) is 5.32 Å². The van der Waals surface area contributed by atoms with E-state index in [-0.39, 0.29) is 12.6 Å². The second-order valence-corrected chi connectivity index (χ2v) is 4.95. The maximum Gasteiger partial charge on any atom is 0.411 e. The number of ether oxygens (including phenoxy) is 1. The van der Waals surface area contributed by atoms with E-state index in [1.807, 2.05) is 6.92 Å². The largest absolute Gasteiger partial charge is 0.466 e. The van der Waals surface area contributed by atoms with Gasteiger partial charge in [-0.3, -0.25) is 0 Å². The topological polar surface area (TPSA) is 34.4 Å². The van der Waals surface area contributed by atoms with Crippen LogP contribution in [-0.2, 0) is 4.74 Å². The molecule has 1 aromatic rings. The molecule has 1 aromatic heterocycles. The van der Waals surface area contributed by atoms with E-state index in [2.05, 4.69) is 26.0 Å². The van der Waals surface area contributed by atoms with E-state index in [1.165, 1.54) is 6.26 Å². The van der Waals surface area contributed by atoms with Crippen LogP contribution in [0.3, 0.4) is 0 Å². The van der Waals surface area contributed by atoms with Crippen LogP contribution >= 0.6 is 15.9 Å². The van der Waals surface area contributed by atoms with Crippen LogP contribution in [0, 0.1) is 0 Å².